The average Bonchev–Trinajstić information content (AvgIpc) is 2.89. The van der Waals surface area contributed by atoms with Crippen molar-refractivity contribution in [1.29, 1.82) is 0 Å². The maximum atomic E-state index is 7.07. The fourth-order valence-corrected chi connectivity index (χ4v) is 8.53. The lowest BCUT2D eigenvalue weighted by atomic mass is 9.81. The molecule has 1 aromatic heterocycles. The Hall–Kier alpha value is -2.72. The van der Waals surface area contributed by atoms with Crippen molar-refractivity contribution in [2.75, 3.05) is 0 Å². The zero-order valence-corrected chi connectivity index (χ0v) is 22.0. The van der Waals surface area contributed by atoms with Crippen molar-refractivity contribution in [2.45, 2.75) is 71.5 Å². The minimum absolute atomic E-state index is 0.0280. The van der Waals surface area contributed by atoms with E-state index in [4.69, 9.17) is 14.7 Å². The highest BCUT2D eigenvalue weighted by atomic mass is 28.3. The van der Waals surface area contributed by atoms with E-state index in [-0.39, 0.29) is 10.8 Å². The first-order valence-corrected chi connectivity index (χ1v) is 15.5. The first-order chi connectivity index (χ1) is 15.4. The summed E-state index contributed by atoms with van der Waals surface area (Å²) < 4.78 is 7.07. The van der Waals surface area contributed by atoms with Crippen LogP contribution >= 0.6 is 0 Å². The van der Waals surface area contributed by atoms with E-state index in [0.717, 1.165) is 40.1 Å². The van der Waals surface area contributed by atoms with Gasteiger partial charge >= 0.3 is 0 Å². The van der Waals surface area contributed by atoms with Crippen molar-refractivity contribution in [3.63, 3.8) is 0 Å². The highest BCUT2D eigenvalue weighted by molar-refractivity contribution is 6.91. The second kappa shape index (κ2) is 6.23. The summed E-state index contributed by atoms with van der Waals surface area (Å²) in [6.07, 6.45) is 2.82. The van der Waals surface area contributed by atoms with E-state index in [1.807, 2.05) is 0 Å². The molecule has 2 aliphatic rings. The van der Waals surface area contributed by atoms with Crippen LogP contribution in [-0.2, 0) is 10.8 Å². The Morgan fingerprint density at radius 2 is 1.67 bits per heavy atom. The predicted molar refractivity (Wildman–Crippen MR) is 141 cm³/mol. The van der Waals surface area contributed by atoms with Crippen molar-refractivity contribution >= 4 is 34.9 Å². The molecule has 1 aliphatic heterocycles. The van der Waals surface area contributed by atoms with Crippen molar-refractivity contribution in [2.24, 2.45) is 0 Å². The topological polar surface area (TPSA) is 35.0 Å². The summed E-state index contributed by atoms with van der Waals surface area (Å²) in [5.41, 5.74) is 7.21. The van der Waals surface area contributed by atoms with Gasteiger partial charge in [0.05, 0.1) is 24.7 Å². The van der Waals surface area contributed by atoms with E-state index in [2.05, 4.69) is 84.6 Å². The Morgan fingerprint density at radius 1 is 0.909 bits per heavy atom. The zero-order valence-electron chi connectivity index (χ0n) is 21.0. The normalized spacial score (nSPS) is 17.7. The Bertz CT molecular complexity index is 1510. The third-order valence-corrected chi connectivity index (χ3v) is 9.62. The first-order valence-electron chi connectivity index (χ1n) is 12.0. The fraction of sp³-hybridized carbons (Fsp3) is 0.379. The Morgan fingerprint density at radius 3 is 2.39 bits per heavy atom. The number of hydrogen-bond donors (Lipinski definition) is 0. The van der Waals surface area contributed by atoms with Crippen molar-refractivity contribution in [3.05, 3.63) is 53.3 Å². The molecule has 33 heavy (non-hydrogen) atoms. The van der Waals surface area contributed by atoms with E-state index in [1.54, 1.807) is 6.33 Å². The highest BCUT2D eigenvalue weighted by Gasteiger charge is 2.46. The summed E-state index contributed by atoms with van der Waals surface area (Å²) >= 11 is 0. The lowest BCUT2D eigenvalue weighted by Crippen LogP contribution is -2.39. The maximum absolute atomic E-state index is 7.07. The Labute approximate surface area is 197 Å². The van der Waals surface area contributed by atoms with E-state index >= 15 is 0 Å². The van der Waals surface area contributed by atoms with Gasteiger partial charge in [-0.05, 0) is 57.8 Å². The number of rotatable bonds is 1. The fourth-order valence-electron chi connectivity index (χ4n) is 6.62. The van der Waals surface area contributed by atoms with E-state index in [9.17, 15) is 0 Å². The van der Waals surface area contributed by atoms with Gasteiger partial charge in [-0.2, -0.15) is 0 Å². The number of hydrogen-bond acceptors (Lipinski definition) is 3. The largest absolute Gasteiger partial charge is 0.456 e. The molecular formula is C29H32N2OSi. The Kier molecular flexibility index (Phi) is 3.94. The average molecular weight is 453 g/mol. The SMILES string of the molecule is Cc1ccc2c([Si](C)(C)C)c3c(cc2c1)-c1ncnc2cc4c(c(c12)O3)C(C)(C)CC4(C)C. The standard InChI is InChI=1S/C29H32N2OSi/c1-16-9-10-18-17(11-16)12-19-24-22-21(30-15-31-24)13-20-23(29(4,5)14-28(20,2)3)26(22)32-25(19)27(18)33(6,7)8/h9-13,15H,14H2,1-8H3. The molecule has 0 saturated heterocycles. The number of nitrogens with zero attached hydrogens (tertiary/aromatic N) is 2. The van der Waals surface area contributed by atoms with Crippen LogP contribution in [0.15, 0.2) is 36.7 Å². The molecule has 3 aromatic carbocycles. The van der Waals surface area contributed by atoms with Gasteiger partial charge in [-0.15, -0.1) is 0 Å². The zero-order chi connectivity index (χ0) is 23.5. The quantitative estimate of drug-likeness (QED) is 0.249. The van der Waals surface area contributed by atoms with Gasteiger partial charge in [0, 0.05) is 11.1 Å². The van der Waals surface area contributed by atoms with Gasteiger partial charge in [-0.1, -0.05) is 71.1 Å². The summed E-state index contributed by atoms with van der Waals surface area (Å²) in [7, 11) is -1.76. The van der Waals surface area contributed by atoms with E-state index in [1.165, 1.54) is 32.6 Å². The molecule has 0 saturated carbocycles. The number of benzene rings is 3. The lowest BCUT2D eigenvalue weighted by Gasteiger charge is -2.31. The number of fused-ring (bicyclic) bond motifs is 5. The van der Waals surface area contributed by atoms with Crippen molar-refractivity contribution in [3.8, 4) is 22.8 Å². The third kappa shape index (κ3) is 2.80. The smallest absolute Gasteiger partial charge is 0.143 e. The lowest BCUT2D eigenvalue weighted by molar-refractivity contribution is 0.394. The molecule has 0 unspecified atom stereocenters. The minimum Gasteiger partial charge on any atom is -0.456 e. The number of aromatic nitrogens is 2. The van der Waals surface area contributed by atoms with Gasteiger partial charge in [-0.3, -0.25) is 0 Å². The van der Waals surface area contributed by atoms with Crippen LogP contribution in [0.3, 0.4) is 0 Å². The summed E-state index contributed by atoms with van der Waals surface area (Å²) in [5.74, 6) is 2.01. The van der Waals surface area contributed by atoms with Gasteiger partial charge < -0.3 is 4.74 Å². The van der Waals surface area contributed by atoms with Gasteiger partial charge in [0.15, 0.2) is 0 Å². The summed E-state index contributed by atoms with van der Waals surface area (Å²) in [6.45, 7) is 18.8. The maximum Gasteiger partial charge on any atom is 0.143 e. The highest BCUT2D eigenvalue weighted by Crippen LogP contribution is 2.58. The van der Waals surface area contributed by atoms with E-state index in [0.29, 0.717) is 0 Å². The van der Waals surface area contributed by atoms with Crippen LogP contribution in [0.4, 0.5) is 0 Å². The molecular weight excluding hydrogens is 420 g/mol. The summed E-state index contributed by atoms with van der Waals surface area (Å²) in [5, 5.41) is 5.05. The molecule has 3 nitrogen and oxygen atoms in total. The molecule has 0 N–H and O–H groups in total. The van der Waals surface area contributed by atoms with Gasteiger partial charge in [0.2, 0.25) is 0 Å². The molecule has 4 aromatic rings. The summed E-state index contributed by atoms with van der Waals surface area (Å²) in [4.78, 5) is 9.58. The molecule has 0 amide bonds. The first kappa shape index (κ1) is 20.9. The van der Waals surface area contributed by atoms with Crippen LogP contribution in [0.5, 0.6) is 11.5 Å². The predicted octanol–water partition coefficient (Wildman–Crippen LogP) is 7.37. The minimum atomic E-state index is -1.76. The van der Waals surface area contributed by atoms with Crippen molar-refractivity contribution in [1.82, 2.24) is 9.97 Å². The second-order valence-corrected chi connectivity index (χ2v) is 17.4. The molecule has 1 aliphatic carbocycles. The molecule has 0 bridgehead atoms. The molecule has 6 rings (SSSR count). The molecule has 0 atom stereocenters. The van der Waals surface area contributed by atoms with Gasteiger partial charge in [-0.25, -0.2) is 9.97 Å². The molecule has 0 radical (unpaired) electrons. The molecule has 2 heterocycles. The van der Waals surface area contributed by atoms with Gasteiger partial charge in [0.25, 0.3) is 0 Å². The van der Waals surface area contributed by atoms with E-state index < -0.39 is 8.07 Å². The van der Waals surface area contributed by atoms with Crippen LogP contribution in [0.1, 0.15) is 50.8 Å². The Balaban J connectivity index is 1.80. The molecule has 168 valence electrons. The molecule has 0 fully saturated rings. The number of aryl methyl sites for hydroxylation is 1. The third-order valence-electron chi connectivity index (χ3n) is 7.63. The van der Waals surface area contributed by atoms with Crippen LogP contribution in [0.25, 0.3) is 32.9 Å². The van der Waals surface area contributed by atoms with Crippen LogP contribution in [0.2, 0.25) is 19.6 Å². The van der Waals surface area contributed by atoms with Gasteiger partial charge in [0.1, 0.15) is 17.8 Å². The second-order valence-electron chi connectivity index (χ2n) is 12.4. The summed E-state index contributed by atoms with van der Waals surface area (Å²) in [6, 6.07) is 11.4. The van der Waals surface area contributed by atoms with Crippen LogP contribution < -0.4 is 9.92 Å². The van der Waals surface area contributed by atoms with Crippen molar-refractivity contribution < 1.29 is 4.74 Å². The van der Waals surface area contributed by atoms with Crippen LogP contribution in [-0.4, -0.2) is 18.0 Å². The van der Waals surface area contributed by atoms with Crippen LogP contribution in [0, 0.1) is 6.92 Å². The molecule has 0 spiro atoms. The number of ether oxygens (including phenoxy) is 1. The monoisotopic (exact) mass is 452 g/mol. The molecule has 4 heteroatoms.